The molecule has 0 radical (unpaired) electrons. The number of rotatable bonds is 6. The lowest BCUT2D eigenvalue weighted by atomic mass is 10.1. The highest BCUT2D eigenvalue weighted by molar-refractivity contribution is 7.99. The third kappa shape index (κ3) is 4.77. The van der Waals surface area contributed by atoms with Gasteiger partial charge < -0.3 is 4.90 Å². The topological polar surface area (TPSA) is 63.9 Å². The normalized spacial score (nSPS) is 11.1. The van der Waals surface area contributed by atoms with Gasteiger partial charge in [-0.15, -0.1) is 0 Å². The van der Waals surface area contributed by atoms with Crippen LogP contribution in [0.5, 0.6) is 0 Å². The smallest absolute Gasteiger partial charge is 0.233 e. The lowest BCUT2D eigenvalue weighted by Crippen LogP contribution is -2.28. The summed E-state index contributed by atoms with van der Waals surface area (Å²) in [5.41, 5.74) is 5.27. The molecular weight excluding hydrogens is 406 g/mol. The molecular formula is C24H25N5OS. The minimum atomic E-state index is 0.00869. The number of thioether (sulfide) groups is 1. The van der Waals surface area contributed by atoms with Crippen molar-refractivity contribution >= 4 is 28.6 Å². The summed E-state index contributed by atoms with van der Waals surface area (Å²) in [6, 6.07) is 14.3. The predicted octanol–water partition coefficient (Wildman–Crippen LogP) is 4.49. The summed E-state index contributed by atoms with van der Waals surface area (Å²) in [5, 5.41) is 1.83. The molecule has 0 spiro atoms. The monoisotopic (exact) mass is 431 g/mol. The highest BCUT2D eigenvalue weighted by atomic mass is 32.2. The summed E-state index contributed by atoms with van der Waals surface area (Å²) in [6.45, 7) is 6.50. The van der Waals surface area contributed by atoms with E-state index in [2.05, 4.69) is 47.0 Å². The van der Waals surface area contributed by atoms with Crippen LogP contribution in [0.25, 0.3) is 16.6 Å². The Morgan fingerprint density at radius 2 is 1.81 bits per heavy atom. The van der Waals surface area contributed by atoms with Gasteiger partial charge in [-0.25, -0.2) is 15.0 Å². The fourth-order valence-corrected chi connectivity index (χ4v) is 4.50. The molecule has 4 rings (SSSR count). The Balaban J connectivity index is 1.43. The molecule has 0 bridgehead atoms. The highest BCUT2D eigenvalue weighted by Crippen LogP contribution is 2.23. The molecule has 2 heterocycles. The van der Waals surface area contributed by atoms with Gasteiger partial charge in [0.15, 0.2) is 5.16 Å². The molecule has 0 aliphatic carbocycles. The Kier molecular flexibility index (Phi) is 6.04. The van der Waals surface area contributed by atoms with Crippen LogP contribution < -0.4 is 0 Å². The average molecular weight is 432 g/mol. The molecule has 2 aromatic heterocycles. The van der Waals surface area contributed by atoms with E-state index in [1.165, 1.54) is 22.9 Å². The second-order valence-corrected chi connectivity index (χ2v) is 8.65. The first-order chi connectivity index (χ1) is 14.9. The second-order valence-electron chi connectivity index (χ2n) is 7.71. The molecule has 0 saturated heterocycles. The van der Waals surface area contributed by atoms with Crippen molar-refractivity contribution in [3.05, 3.63) is 77.5 Å². The van der Waals surface area contributed by atoms with Crippen LogP contribution in [0, 0.1) is 20.8 Å². The number of aromatic nitrogens is 4. The number of carbonyl (C=O) groups is 1. The summed E-state index contributed by atoms with van der Waals surface area (Å²) in [5.74, 6) is 0.952. The van der Waals surface area contributed by atoms with Crippen LogP contribution in [0.4, 0.5) is 0 Å². The molecule has 0 aliphatic rings. The van der Waals surface area contributed by atoms with Gasteiger partial charge in [-0.2, -0.15) is 0 Å². The van der Waals surface area contributed by atoms with E-state index < -0.39 is 0 Å². The Morgan fingerprint density at radius 1 is 1.06 bits per heavy atom. The lowest BCUT2D eigenvalue weighted by Gasteiger charge is -2.17. The molecule has 0 atom stereocenters. The van der Waals surface area contributed by atoms with Crippen LogP contribution in [-0.4, -0.2) is 43.1 Å². The Bertz CT molecular complexity index is 1230. The number of para-hydroxylation sites is 1. The van der Waals surface area contributed by atoms with Crippen LogP contribution in [-0.2, 0) is 11.3 Å². The predicted molar refractivity (Wildman–Crippen MR) is 125 cm³/mol. The molecule has 0 saturated carbocycles. The van der Waals surface area contributed by atoms with Crippen molar-refractivity contribution in [3.8, 4) is 5.69 Å². The maximum absolute atomic E-state index is 12.8. The maximum atomic E-state index is 12.8. The van der Waals surface area contributed by atoms with Crippen molar-refractivity contribution < 1.29 is 4.79 Å². The third-order valence-corrected chi connectivity index (χ3v) is 6.01. The molecule has 1 amide bonds. The first kappa shape index (κ1) is 21.1. The zero-order valence-corrected chi connectivity index (χ0v) is 19.0. The number of carbonyl (C=O) groups excluding carboxylic acids is 1. The summed E-state index contributed by atoms with van der Waals surface area (Å²) in [4.78, 5) is 28.1. The van der Waals surface area contributed by atoms with Gasteiger partial charge in [0.2, 0.25) is 5.91 Å². The maximum Gasteiger partial charge on any atom is 0.233 e. The Labute approximate surface area is 186 Å². The SMILES string of the molecule is Cc1cc(C)cc(-n2ccnc2SCC(=O)N(C)Cc2nc(C)c3ccccc3n2)c1. The molecule has 0 fully saturated rings. The minimum absolute atomic E-state index is 0.00869. The molecule has 0 aliphatic heterocycles. The molecule has 7 heteroatoms. The van der Waals surface area contributed by atoms with Gasteiger partial charge in [-0.05, 0) is 50.1 Å². The Morgan fingerprint density at radius 3 is 2.58 bits per heavy atom. The summed E-state index contributed by atoms with van der Waals surface area (Å²) < 4.78 is 2.02. The number of aryl methyl sites for hydroxylation is 3. The van der Waals surface area contributed by atoms with Crippen LogP contribution in [0.15, 0.2) is 60.0 Å². The number of hydrogen-bond acceptors (Lipinski definition) is 5. The fraction of sp³-hybridized carbons (Fsp3) is 0.250. The zero-order chi connectivity index (χ0) is 22.0. The summed E-state index contributed by atoms with van der Waals surface area (Å²) in [6.07, 6.45) is 3.69. The van der Waals surface area contributed by atoms with E-state index in [-0.39, 0.29) is 5.91 Å². The minimum Gasteiger partial charge on any atom is -0.337 e. The van der Waals surface area contributed by atoms with Gasteiger partial charge in [0.05, 0.1) is 17.8 Å². The lowest BCUT2D eigenvalue weighted by molar-refractivity contribution is -0.127. The first-order valence-corrected chi connectivity index (χ1v) is 11.1. The van der Waals surface area contributed by atoms with Crippen molar-refractivity contribution in [3.63, 3.8) is 0 Å². The largest absolute Gasteiger partial charge is 0.337 e. The van der Waals surface area contributed by atoms with Crippen molar-refractivity contribution in [2.24, 2.45) is 0 Å². The summed E-state index contributed by atoms with van der Waals surface area (Å²) >= 11 is 1.43. The number of nitrogens with zero attached hydrogens (tertiary/aromatic N) is 5. The van der Waals surface area contributed by atoms with Crippen LogP contribution in [0.3, 0.4) is 0 Å². The van der Waals surface area contributed by atoms with Crippen LogP contribution in [0.2, 0.25) is 0 Å². The molecule has 0 unspecified atom stereocenters. The molecule has 2 aromatic carbocycles. The van der Waals surface area contributed by atoms with E-state index in [1.54, 1.807) is 18.1 Å². The Hall–Kier alpha value is -3.19. The van der Waals surface area contributed by atoms with E-state index in [0.29, 0.717) is 18.1 Å². The van der Waals surface area contributed by atoms with Gasteiger partial charge in [0.1, 0.15) is 5.82 Å². The van der Waals surface area contributed by atoms with Gasteiger partial charge in [-0.3, -0.25) is 9.36 Å². The molecule has 6 nitrogen and oxygen atoms in total. The van der Waals surface area contributed by atoms with Crippen molar-refractivity contribution in [2.45, 2.75) is 32.5 Å². The number of fused-ring (bicyclic) bond motifs is 1. The van der Waals surface area contributed by atoms with E-state index in [0.717, 1.165) is 27.4 Å². The highest BCUT2D eigenvalue weighted by Gasteiger charge is 2.15. The molecule has 4 aromatic rings. The number of imidazole rings is 1. The van der Waals surface area contributed by atoms with Crippen molar-refractivity contribution in [1.82, 2.24) is 24.4 Å². The van der Waals surface area contributed by atoms with E-state index >= 15 is 0 Å². The zero-order valence-electron chi connectivity index (χ0n) is 18.2. The molecule has 158 valence electrons. The summed E-state index contributed by atoms with van der Waals surface area (Å²) in [7, 11) is 1.78. The van der Waals surface area contributed by atoms with Gasteiger partial charge >= 0.3 is 0 Å². The number of benzene rings is 2. The number of amides is 1. The van der Waals surface area contributed by atoms with Gasteiger partial charge in [-0.1, -0.05) is 36.0 Å². The standard InChI is InChI=1S/C24H25N5OS/c1-16-11-17(2)13-19(12-16)29-10-9-25-24(29)31-15-23(30)28(4)14-22-26-18(3)20-7-5-6-8-21(20)27-22/h5-13H,14-15H2,1-4H3. The third-order valence-electron chi connectivity index (χ3n) is 5.06. The molecule has 31 heavy (non-hydrogen) atoms. The number of hydrogen-bond donors (Lipinski definition) is 0. The van der Waals surface area contributed by atoms with E-state index in [1.807, 2.05) is 42.0 Å². The molecule has 0 N–H and O–H groups in total. The van der Waals surface area contributed by atoms with Crippen LogP contribution in [0.1, 0.15) is 22.6 Å². The van der Waals surface area contributed by atoms with Gasteiger partial charge in [0.25, 0.3) is 0 Å². The first-order valence-electron chi connectivity index (χ1n) is 10.1. The second kappa shape index (κ2) is 8.89. The average Bonchev–Trinajstić information content (AvgIpc) is 3.20. The fourth-order valence-electron chi connectivity index (χ4n) is 3.59. The van der Waals surface area contributed by atoms with Crippen molar-refractivity contribution in [2.75, 3.05) is 12.8 Å². The van der Waals surface area contributed by atoms with Gasteiger partial charge in [0, 0.05) is 36.2 Å². The van der Waals surface area contributed by atoms with E-state index in [9.17, 15) is 4.79 Å². The van der Waals surface area contributed by atoms with Crippen molar-refractivity contribution in [1.29, 1.82) is 0 Å². The van der Waals surface area contributed by atoms with E-state index in [4.69, 9.17) is 0 Å². The quantitative estimate of drug-likeness (QED) is 0.421. The van der Waals surface area contributed by atoms with Crippen LogP contribution >= 0.6 is 11.8 Å².